The van der Waals surface area contributed by atoms with E-state index in [1.807, 2.05) is 25.1 Å². The van der Waals surface area contributed by atoms with Gasteiger partial charge in [-0.3, -0.25) is 0 Å². The fraction of sp³-hybridized carbons (Fsp3) is 0.188. The first-order valence-corrected chi connectivity index (χ1v) is 8.03. The quantitative estimate of drug-likeness (QED) is 0.630. The first kappa shape index (κ1) is 17.7. The third kappa shape index (κ3) is 4.94. The molecule has 0 radical (unpaired) electrons. The Labute approximate surface area is 146 Å². The normalized spacial score (nSPS) is 11.2. The summed E-state index contributed by atoms with van der Waals surface area (Å²) < 4.78 is 39.1. The highest BCUT2D eigenvalue weighted by molar-refractivity contribution is 9.10. The van der Waals surface area contributed by atoms with Crippen molar-refractivity contribution in [3.8, 4) is 0 Å². The van der Waals surface area contributed by atoms with E-state index in [4.69, 9.17) is 12.2 Å². The standard InChI is InChI=1S/C16H14BrF3N2S/c1-2-10-8-12(17)6-7-14(10)22-15(23)21-13-5-3-4-11(9-13)16(18,19)20/h3-9H,2H2,1H3,(H2,21,22,23). The average molecular weight is 403 g/mol. The molecule has 2 rings (SSSR count). The molecule has 0 aliphatic heterocycles. The Morgan fingerprint density at radius 2 is 1.87 bits per heavy atom. The van der Waals surface area contributed by atoms with Crippen molar-refractivity contribution in [2.45, 2.75) is 19.5 Å². The van der Waals surface area contributed by atoms with E-state index in [9.17, 15) is 13.2 Å². The topological polar surface area (TPSA) is 24.1 Å². The van der Waals surface area contributed by atoms with Gasteiger partial charge in [-0.15, -0.1) is 0 Å². The predicted octanol–water partition coefficient (Wildman–Crippen LogP) is 5.84. The van der Waals surface area contributed by atoms with E-state index in [0.29, 0.717) is 0 Å². The molecule has 0 spiro atoms. The maximum Gasteiger partial charge on any atom is 0.416 e. The van der Waals surface area contributed by atoms with Crippen molar-refractivity contribution in [3.63, 3.8) is 0 Å². The van der Waals surface area contributed by atoms with Gasteiger partial charge in [0.05, 0.1) is 5.56 Å². The van der Waals surface area contributed by atoms with Crippen molar-refractivity contribution < 1.29 is 13.2 Å². The molecule has 122 valence electrons. The third-order valence-electron chi connectivity index (χ3n) is 3.14. The van der Waals surface area contributed by atoms with Gasteiger partial charge < -0.3 is 10.6 Å². The van der Waals surface area contributed by atoms with Crippen molar-refractivity contribution in [1.82, 2.24) is 0 Å². The SMILES string of the molecule is CCc1cc(Br)ccc1NC(=S)Nc1cccc(C(F)(F)F)c1. The Hall–Kier alpha value is -1.60. The highest BCUT2D eigenvalue weighted by Gasteiger charge is 2.30. The van der Waals surface area contributed by atoms with Crippen molar-refractivity contribution in [3.05, 3.63) is 58.1 Å². The van der Waals surface area contributed by atoms with Crippen LogP contribution in [0.15, 0.2) is 46.9 Å². The van der Waals surface area contributed by atoms with Crippen molar-refractivity contribution in [2.75, 3.05) is 10.6 Å². The van der Waals surface area contributed by atoms with E-state index in [2.05, 4.69) is 26.6 Å². The van der Waals surface area contributed by atoms with Crippen LogP contribution in [0.1, 0.15) is 18.1 Å². The van der Waals surface area contributed by atoms with Crippen LogP contribution in [0.5, 0.6) is 0 Å². The van der Waals surface area contributed by atoms with Crippen molar-refractivity contribution in [1.29, 1.82) is 0 Å². The van der Waals surface area contributed by atoms with Crippen molar-refractivity contribution >= 4 is 44.6 Å². The number of aryl methyl sites for hydroxylation is 1. The monoisotopic (exact) mass is 402 g/mol. The maximum absolute atomic E-state index is 12.7. The minimum Gasteiger partial charge on any atom is -0.332 e. The van der Waals surface area contributed by atoms with Crippen LogP contribution in [-0.4, -0.2) is 5.11 Å². The first-order chi connectivity index (χ1) is 10.8. The van der Waals surface area contributed by atoms with Gasteiger partial charge in [0.1, 0.15) is 0 Å². The molecule has 0 aliphatic rings. The number of halogens is 4. The van der Waals surface area contributed by atoms with Crippen LogP contribution in [0, 0.1) is 0 Å². The fourth-order valence-corrected chi connectivity index (χ4v) is 2.67. The fourth-order valence-electron chi connectivity index (χ4n) is 2.03. The Kier molecular flexibility index (Phi) is 5.64. The van der Waals surface area contributed by atoms with Crippen LogP contribution in [-0.2, 0) is 12.6 Å². The van der Waals surface area contributed by atoms with Crippen molar-refractivity contribution in [2.24, 2.45) is 0 Å². The molecule has 23 heavy (non-hydrogen) atoms. The Morgan fingerprint density at radius 1 is 1.13 bits per heavy atom. The molecule has 0 unspecified atom stereocenters. The van der Waals surface area contributed by atoms with Gasteiger partial charge in [0, 0.05) is 15.8 Å². The number of thiocarbonyl (C=S) groups is 1. The number of nitrogens with one attached hydrogen (secondary N) is 2. The Bertz CT molecular complexity index is 717. The van der Waals surface area contributed by atoms with Gasteiger partial charge in [-0.25, -0.2) is 0 Å². The first-order valence-electron chi connectivity index (χ1n) is 6.83. The molecular weight excluding hydrogens is 389 g/mol. The number of rotatable bonds is 3. The summed E-state index contributed by atoms with van der Waals surface area (Å²) in [6.45, 7) is 2.01. The second-order valence-electron chi connectivity index (χ2n) is 4.81. The minimum atomic E-state index is -4.38. The van der Waals surface area contributed by atoms with Gasteiger partial charge in [-0.2, -0.15) is 13.2 Å². The lowest BCUT2D eigenvalue weighted by atomic mass is 10.1. The van der Waals surface area contributed by atoms with Gasteiger partial charge in [-0.05, 0) is 60.6 Å². The second-order valence-corrected chi connectivity index (χ2v) is 6.14. The number of benzene rings is 2. The van der Waals surface area contributed by atoms with E-state index < -0.39 is 11.7 Å². The molecule has 0 amide bonds. The summed E-state index contributed by atoms with van der Waals surface area (Å²) in [6, 6.07) is 10.6. The lowest BCUT2D eigenvalue weighted by Crippen LogP contribution is -2.20. The van der Waals surface area contributed by atoms with Gasteiger partial charge in [0.2, 0.25) is 0 Å². The number of hydrogen-bond donors (Lipinski definition) is 2. The van der Waals surface area contributed by atoms with Crippen LogP contribution in [0.25, 0.3) is 0 Å². The molecule has 0 heterocycles. The molecule has 0 bridgehead atoms. The minimum absolute atomic E-state index is 0.237. The molecular formula is C16H14BrF3N2S. The van der Waals surface area contributed by atoms with Gasteiger partial charge in [0.15, 0.2) is 5.11 Å². The summed E-state index contributed by atoms with van der Waals surface area (Å²) in [5, 5.41) is 6.03. The predicted molar refractivity (Wildman–Crippen MR) is 94.8 cm³/mol. The highest BCUT2D eigenvalue weighted by Crippen LogP contribution is 2.30. The molecule has 0 aromatic heterocycles. The lowest BCUT2D eigenvalue weighted by molar-refractivity contribution is -0.137. The van der Waals surface area contributed by atoms with E-state index in [1.54, 1.807) is 0 Å². The van der Waals surface area contributed by atoms with Gasteiger partial charge >= 0.3 is 6.18 Å². The third-order valence-corrected chi connectivity index (χ3v) is 3.84. The largest absolute Gasteiger partial charge is 0.416 e. The molecule has 2 aromatic rings. The van der Waals surface area contributed by atoms with Crippen LogP contribution in [0.2, 0.25) is 0 Å². The van der Waals surface area contributed by atoms with Gasteiger partial charge in [-0.1, -0.05) is 28.9 Å². The zero-order valence-electron chi connectivity index (χ0n) is 12.2. The number of hydrogen-bond acceptors (Lipinski definition) is 1. The number of anilines is 2. The smallest absolute Gasteiger partial charge is 0.332 e. The van der Waals surface area contributed by atoms with Crippen LogP contribution in [0.3, 0.4) is 0 Å². The Balaban J connectivity index is 2.11. The summed E-state index contributed by atoms with van der Waals surface area (Å²) in [5.41, 5.74) is 1.43. The molecule has 0 fully saturated rings. The Morgan fingerprint density at radius 3 is 2.52 bits per heavy atom. The number of alkyl halides is 3. The molecule has 2 N–H and O–H groups in total. The molecule has 2 aromatic carbocycles. The summed E-state index contributed by atoms with van der Waals surface area (Å²) >= 11 is 8.58. The maximum atomic E-state index is 12.7. The molecule has 0 saturated heterocycles. The lowest BCUT2D eigenvalue weighted by Gasteiger charge is -2.15. The summed E-state index contributed by atoms with van der Waals surface area (Å²) in [6.07, 6.45) is -3.58. The second kappa shape index (κ2) is 7.31. The summed E-state index contributed by atoms with van der Waals surface area (Å²) in [7, 11) is 0. The molecule has 2 nitrogen and oxygen atoms in total. The van der Waals surface area contributed by atoms with E-state index in [-0.39, 0.29) is 10.8 Å². The van der Waals surface area contributed by atoms with E-state index >= 15 is 0 Å². The average Bonchev–Trinajstić information content (AvgIpc) is 2.48. The molecule has 7 heteroatoms. The van der Waals surface area contributed by atoms with Crippen LogP contribution < -0.4 is 10.6 Å². The van der Waals surface area contributed by atoms with Gasteiger partial charge in [0.25, 0.3) is 0 Å². The van der Waals surface area contributed by atoms with Crippen LogP contribution >= 0.6 is 28.1 Å². The molecule has 0 aliphatic carbocycles. The highest BCUT2D eigenvalue weighted by atomic mass is 79.9. The summed E-state index contributed by atoms with van der Waals surface area (Å²) in [5.74, 6) is 0. The van der Waals surface area contributed by atoms with E-state index in [1.165, 1.54) is 12.1 Å². The zero-order valence-corrected chi connectivity index (χ0v) is 14.6. The van der Waals surface area contributed by atoms with E-state index in [0.717, 1.165) is 34.3 Å². The molecule has 0 saturated carbocycles. The molecule has 0 atom stereocenters. The zero-order chi connectivity index (χ0) is 17.0. The van der Waals surface area contributed by atoms with Crippen LogP contribution in [0.4, 0.5) is 24.5 Å². The summed E-state index contributed by atoms with van der Waals surface area (Å²) in [4.78, 5) is 0.